The molecule has 1 saturated heterocycles. The molecule has 7 heteroatoms. The maximum Gasteiger partial charge on any atom is 0.293 e. The number of nitro groups is 1. The Labute approximate surface area is 166 Å². The number of piperazine rings is 1. The molecule has 3 fully saturated rings. The molecule has 2 saturated carbocycles. The number of carbonyl (C=O) groups excluding carboxylic acids is 1. The highest BCUT2D eigenvalue weighted by atomic mass is 16.6. The molecule has 0 spiro atoms. The van der Waals surface area contributed by atoms with Crippen molar-refractivity contribution in [2.45, 2.75) is 57.5 Å². The van der Waals surface area contributed by atoms with Gasteiger partial charge in [-0.25, -0.2) is 0 Å². The van der Waals surface area contributed by atoms with Crippen LogP contribution in [-0.4, -0.2) is 54.0 Å². The molecule has 4 rings (SSSR count). The standard InChI is InChI=1S/C21H30N4O3/c1-15-2-7-18(8-3-15)23-10-12-24(13-11-23)19-9-4-16(14-20(19)25(27)28)21(26)22-17-5-6-17/h4,9,14-15,17-18H,2-3,5-8,10-13H2,1H3,(H,22,26). The van der Waals surface area contributed by atoms with Gasteiger partial charge < -0.3 is 10.2 Å². The van der Waals surface area contributed by atoms with Gasteiger partial charge in [0.2, 0.25) is 0 Å². The third-order valence-electron chi connectivity index (χ3n) is 6.50. The maximum atomic E-state index is 12.2. The molecule has 0 bridgehead atoms. The average Bonchev–Trinajstić information content (AvgIpc) is 3.52. The van der Waals surface area contributed by atoms with Crippen LogP contribution in [-0.2, 0) is 0 Å². The predicted molar refractivity (Wildman–Crippen MR) is 109 cm³/mol. The van der Waals surface area contributed by atoms with Gasteiger partial charge in [-0.3, -0.25) is 19.8 Å². The van der Waals surface area contributed by atoms with Gasteiger partial charge >= 0.3 is 0 Å². The van der Waals surface area contributed by atoms with E-state index in [0.717, 1.165) is 44.9 Å². The van der Waals surface area contributed by atoms with E-state index < -0.39 is 0 Å². The van der Waals surface area contributed by atoms with Crippen LogP contribution in [0.5, 0.6) is 0 Å². The van der Waals surface area contributed by atoms with Gasteiger partial charge in [0.25, 0.3) is 11.6 Å². The fraction of sp³-hybridized carbons (Fsp3) is 0.667. The van der Waals surface area contributed by atoms with E-state index >= 15 is 0 Å². The molecule has 3 aliphatic rings. The Morgan fingerprint density at radius 3 is 2.36 bits per heavy atom. The summed E-state index contributed by atoms with van der Waals surface area (Å²) in [7, 11) is 0. The number of rotatable bonds is 5. The minimum Gasteiger partial charge on any atom is -0.363 e. The number of carbonyl (C=O) groups is 1. The van der Waals surface area contributed by atoms with Crippen molar-refractivity contribution in [2.75, 3.05) is 31.1 Å². The summed E-state index contributed by atoms with van der Waals surface area (Å²) in [5.41, 5.74) is 1.03. The van der Waals surface area contributed by atoms with Crippen molar-refractivity contribution in [1.29, 1.82) is 0 Å². The van der Waals surface area contributed by atoms with Crippen LogP contribution in [0.2, 0.25) is 0 Å². The Morgan fingerprint density at radius 2 is 1.75 bits per heavy atom. The fourth-order valence-corrected chi connectivity index (χ4v) is 4.51. The lowest BCUT2D eigenvalue weighted by atomic mass is 9.86. The summed E-state index contributed by atoms with van der Waals surface area (Å²) < 4.78 is 0. The van der Waals surface area contributed by atoms with Gasteiger partial charge in [0.1, 0.15) is 5.69 Å². The minimum absolute atomic E-state index is 0.0309. The van der Waals surface area contributed by atoms with E-state index in [4.69, 9.17) is 0 Å². The van der Waals surface area contributed by atoms with Crippen molar-refractivity contribution >= 4 is 17.3 Å². The number of hydrogen-bond acceptors (Lipinski definition) is 5. The molecule has 1 aromatic rings. The van der Waals surface area contributed by atoms with Gasteiger partial charge in [-0.15, -0.1) is 0 Å². The van der Waals surface area contributed by atoms with Crippen molar-refractivity contribution in [2.24, 2.45) is 5.92 Å². The molecule has 1 heterocycles. The second kappa shape index (κ2) is 8.07. The second-order valence-electron chi connectivity index (χ2n) is 8.65. The summed E-state index contributed by atoms with van der Waals surface area (Å²) in [5, 5.41) is 14.6. The molecule has 0 aromatic heterocycles. The van der Waals surface area contributed by atoms with E-state index in [9.17, 15) is 14.9 Å². The lowest BCUT2D eigenvalue weighted by Crippen LogP contribution is -2.51. The van der Waals surface area contributed by atoms with E-state index in [2.05, 4.69) is 22.0 Å². The first-order chi connectivity index (χ1) is 13.5. The molecule has 0 radical (unpaired) electrons. The summed E-state index contributed by atoms with van der Waals surface area (Å²) >= 11 is 0. The SMILES string of the molecule is CC1CCC(N2CCN(c3ccc(C(=O)NC4CC4)cc3[N+](=O)[O-])CC2)CC1. The largest absolute Gasteiger partial charge is 0.363 e. The number of nitro benzene ring substituents is 1. The highest BCUT2D eigenvalue weighted by Crippen LogP contribution is 2.32. The molecule has 1 aliphatic heterocycles. The highest BCUT2D eigenvalue weighted by molar-refractivity contribution is 5.96. The predicted octanol–water partition coefficient (Wildman–Crippen LogP) is 3.19. The minimum atomic E-state index is -0.363. The third kappa shape index (κ3) is 4.29. The van der Waals surface area contributed by atoms with Gasteiger partial charge in [0.15, 0.2) is 0 Å². The first-order valence-electron chi connectivity index (χ1n) is 10.6. The monoisotopic (exact) mass is 386 g/mol. The highest BCUT2D eigenvalue weighted by Gasteiger charge is 2.30. The fourth-order valence-electron chi connectivity index (χ4n) is 4.51. The number of amides is 1. The van der Waals surface area contributed by atoms with Gasteiger partial charge in [0.05, 0.1) is 4.92 Å². The zero-order chi connectivity index (χ0) is 19.7. The number of hydrogen-bond donors (Lipinski definition) is 1. The Hall–Kier alpha value is -2.15. The van der Waals surface area contributed by atoms with Crippen LogP contribution in [0.3, 0.4) is 0 Å². The van der Waals surface area contributed by atoms with Crippen LogP contribution >= 0.6 is 0 Å². The molecule has 0 unspecified atom stereocenters. The van der Waals surface area contributed by atoms with Gasteiger partial charge in [0, 0.05) is 49.9 Å². The van der Waals surface area contributed by atoms with Gasteiger partial charge in [-0.05, 0) is 56.6 Å². The topological polar surface area (TPSA) is 78.7 Å². The number of nitrogens with one attached hydrogen (secondary N) is 1. The summed E-state index contributed by atoms with van der Waals surface area (Å²) in [6.07, 6.45) is 7.14. The molecule has 7 nitrogen and oxygen atoms in total. The summed E-state index contributed by atoms with van der Waals surface area (Å²) in [4.78, 5) is 28.2. The van der Waals surface area contributed by atoms with E-state index in [1.54, 1.807) is 12.1 Å². The summed E-state index contributed by atoms with van der Waals surface area (Å²) in [6.45, 7) is 5.81. The lowest BCUT2D eigenvalue weighted by molar-refractivity contribution is -0.384. The second-order valence-corrected chi connectivity index (χ2v) is 8.65. The molecular weight excluding hydrogens is 356 g/mol. The molecule has 28 heavy (non-hydrogen) atoms. The zero-order valence-electron chi connectivity index (χ0n) is 16.6. The van der Waals surface area contributed by atoms with Crippen LogP contribution in [0.4, 0.5) is 11.4 Å². The van der Waals surface area contributed by atoms with Gasteiger partial charge in [-0.1, -0.05) is 6.92 Å². The molecule has 1 N–H and O–H groups in total. The molecule has 152 valence electrons. The van der Waals surface area contributed by atoms with Crippen LogP contribution < -0.4 is 10.2 Å². The van der Waals surface area contributed by atoms with E-state index in [1.165, 1.54) is 31.7 Å². The maximum absolute atomic E-state index is 12.2. The Balaban J connectivity index is 1.42. The van der Waals surface area contributed by atoms with Crippen molar-refractivity contribution in [3.05, 3.63) is 33.9 Å². The Morgan fingerprint density at radius 1 is 1.07 bits per heavy atom. The first-order valence-corrected chi connectivity index (χ1v) is 10.6. The van der Waals surface area contributed by atoms with Crippen molar-refractivity contribution in [1.82, 2.24) is 10.2 Å². The van der Waals surface area contributed by atoms with E-state index in [0.29, 0.717) is 17.3 Å². The van der Waals surface area contributed by atoms with Crippen LogP contribution in [0, 0.1) is 16.0 Å². The molecule has 2 aliphatic carbocycles. The quantitative estimate of drug-likeness (QED) is 0.621. The summed E-state index contributed by atoms with van der Waals surface area (Å²) in [5.74, 6) is 0.629. The normalized spacial score (nSPS) is 26.1. The van der Waals surface area contributed by atoms with E-state index in [-0.39, 0.29) is 22.6 Å². The zero-order valence-corrected chi connectivity index (χ0v) is 16.6. The van der Waals surface area contributed by atoms with Crippen molar-refractivity contribution < 1.29 is 9.72 Å². The van der Waals surface area contributed by atoms with Crippen molar-refractivity contribution in [3.63, 3.8) is 0 Å². The van der Waals surface area contributed by atoms with Gasteiger partial charge in [-0.2, -0.15) is 0 Å². The Bertz CT molecular complexity index is 733. The molecule has 1 amide bonds. The van der Waals surface area contributed by atoms with Crippen molar-refractivity contribution in [3.8, 4) is 0 Å². The number of benzene rings is 1. The summed E-state index contributed by atoms with van der Waals surface area (Å²) in [6, 6.07) is 5.80. The molecule has 0 atom stereocenters. The lowest BCUT2D eigenvalue weighted by Gasteiger charge is -2.42. The average molecular weight is 386 g/mol. The first kappa shape index (κ1) is 19.2. The molecule has 1 aromatic carbocycles. The smallest absolute Gasteiger partial charge is 0.293 e. The Kier molecular flexibility index (Phi) is 5.53. The third-order valence-corrected chi connectivity index (χ3v) is 6.50. The van der Waals surface area contributed by atoms with Crippen LogP contribution in [0.1, 0.15) is 55.8 Å². The van der Waals surface area contributed by atoms with E-state index in [1.807, 2.05) is 0 Å². The number of nitrogens with zero attached hydrogens (tertiary/aromatic N) is 3. The van der Waals surface area contributed by atoms with Crippen LogP contribution in [0.25, 0.3) is 0 Å². The number of anilines is 1. The van der Waals surface area contributed by atoms with Crippen LogP contribution in [0.15, 0.2) is 18.2 Å². The molecular formula is C21H30N4O3.